The number of ether oxygens (including phenoxy) is 2. The van der Waals surface area contributed by atoms with Crippen molar-refractivity contribution in [1.82, 2.24) is 15.1 Å². The van der Waals surface area contributed by atoms with Crippen molar-refractivity contribution in [3.8, 4) is 11.5 Å². The van der Waals surface area contributed by atoms with Gasteiger partial charge in [0.05, 0.1) is 31.4 Å². The fourth-order valence-electron chi connectivity index (χ4n) is 4.14. The van der Waals surface area contributed by atoms with E-state index in [1.54, 1.807) is 0 Å². The molecule has 8 heteroatoms. The highest BCUT2D eigenvalue weighted by molar-refractivity contribution is 7.99. The Hall–Kier alpha value is -3.00. The number of amides is 1. The van der Waals surface area contributed by atoms with E-state index in [4.69, 9.17) is 13.9 Å². The molecule has 0 N–H and O–H groups in total. The summed E-state index contributed by atoms with van der Waals surface area (Å²) in [6.07, 6.45) is 3.38. The van der Waals surface area contributed by atoms with E-state index in [0.29, 0.717) is 30.7 Å². The van der Waals surface area contributed by atoms with Crippen LogP contribution in [0.3, 0.4) is 0 Å². The third-order valence-electron chi connectivity index (χ3n) is 5.70. The van der Waals surface area contributed by atoms with Crippen molar-refractivity contribution in [3.05, 3.63) is 65.5 Å². The molecule has 3 heterocycles. The second kappa shape index (κ2) is 9.65. The van der Waals surface area contributed by atoms with Crippen LogP contribution in [0.4, 0.5) is 0 Å². The van der Waals surface area contributed by atoms with Gasteiger partial charge in [0.15, 0.2) is 11.5 Å². The predicted octanol–water partition coefficient (Wildman–Crippen LogP) is 4.28. The van der Waals surface area contributed by atoms with Crippen LogP contribution in [0.2, 0.25) is 0 Å². The molecule has 1 atom stereocenters. The van der Waals surface area contributed by atoms with Gasteiger partial charge in [-0.3, -0.25) is 4.79 Å². The molecule has 0 radical (unpaired) electrons. The number of aromatic nitrogens is 2. The summed E-state index contributed by atoms with van der Waals surface area (Å²) in [7, 11) is 0. The molecule has 32 heavy (non-hydrogen) atoms. The fourth-order valence-corrected chi connectivity index (χ4v) is 4.81. The number of hydrogen-bond donors (Lipinski definition) is 0. The number of nitrogens with zero attached hydrogens (tertiary/aromatic N) is 3. The first-order valence-corrected chi connectivity index (χ1v) is 11.9. The van der Waals surface area contributed by atoms with Crippen LogP contribution in [0.25, 0.3) is 0 Å². The van der Waals surface area contributed by atoms with Gasteiger partial charge in [0.2, 0.25) is 11.8 Å². The van der Waals surface area contributed by atoms with Crippen LogP contribution in [0.1, 0.15) is 42.3 Å². The van der Waals surface area contributed by atoms with E-state index >= 15 is 0 Å². The molecule has 1 fully saturated rings. The predicted molar refractivity (Wildman–Crippen MR) is 120 cm³/mol. The molecular weight excluding hydrogens is 426 g/mol. The molecule has 2 aliphatic rings. The molecule has 2 aromatic carbocycles. The lowest BCUT2D eigenvalue weighted by Crippen LogP contribution is -2.32. The summed E-state index contributed by atoms with van der Waals surface area (Å²) in [6, 6.07) is 16.1. The van der Waals surface area contributed by atoms with Gasteiger partial charge in [-0.1, -0.05) is 48.2 Å². The van der Waals surface area contributed by atoms with Gasteiger partial charge in [0, 0.05) is 13.0 Å². The Balaban J connectivity index is 1.21. The normalized spacial score (nSPS) is 17.9. The minimum absolute atomic E-state index is 0.0524. The number of fused-ring (bicyclic) bond motifs is 1. The van der Waals surface area contributed by atoms with E-state index in [1.165, 1.54) is 11.8 Å². The van der Waals surface area contributed by atoms with E-state index in [9.17, 15) is 4.79 Å². The third-order valence-corrected chi connectivity index (χ3v) is 6.50. The highest BCUT2D eigenvalue weighted by atomic mass is 32.2. The maximum atomic E-state index is 13.0. The van der Waals surface area contributed by atoms with E-state index in [0.717, 1.165) is 48.4 Å². The van der Waals surface area contributed by atoms with E-state index < -0.39 is 0 Å². The second-order valence-corrected chi connectivity index (χ2v) is 8.84. The van der Waals surface area contributed by atoms with E-state index in [1.807, 2.05) is 53.4 Å². The first-order valence-electron chi connectivity index (χ1n) is 10.9. The van der Waals surface area contributed by atoms with E-state index in [-0.39, 0.29) is 17.7 Å². The summed E-state index contributed by atoms with van der Waals surface area (Å²) in [5.41, 5.74) is 2.20. The Labute approximate surface area is 191 Å². The topological polar surface area (TPSA) is 77.7 Å². The standard InChI is InChI=1S/C24H25N3O4S/c28-23(16-32-24-26-25-22(31-24)14-17-6-2-1-3-7-17)27-11-4-8-19(27)18-9-10-20-21(15-18)30-13-5-12-29-20/h1-3,6-7,9-10,15,19H,4-5,8,11-14,16H2. The zero-order valence-electron chi connectivity index (χ0n) is 17.7. The van der Waals surface area contributed by atoms with Gasteiger partial charge >= 0.3 is 0 Å². The van der Waals surface area contributed by atoms with Gasteiger partial charge in [0.1, 0.15) is 0 Å². The minimum Gasteiger partial charge on any atom is -0.490 e. The second-order valence-electron chi connectivity index (χ2n) is 7.91. The van der Waals surface area contributed by atoms with Crippen LogP contribution in [-0.4, -0.2) is 46.5 Å². The number of benzene rings is 2. The lowest BCUT2D eigenvalue weighted by molar-refractivity contribution is -0.129. The average molecular weight is 452 g/mol. The largest absolute Gasteiger partial charge is 0.490 e. The van der Waals surface area contributed by atoms with Gasteiger partial charge in [-0.05, 0) is 36.1 Å². The Bertz CT molecular complexity index is 1070. The molecule has 7 nitrogen and oxygen atoms in total. The summed E-state index contributed by atoms with van der Waals surface area (Å²) in [6.45, 7) is 2.07. The zero-order valence-corrected chi connectivity index (χ0v) is 18.6. The summed E-state index contributed by atoms with van der Waals surface area (Å²) >= 11 is 1.29. The van der Waals surface area contributed by atoms with Gasteiger partial charge in [0.25, 0.3) is 5.22 Å². The highest BCUT2D eigenvalue weighted by Crippen LogP contribution is 2.38. The molecule has 0 aliphatic carbocycles. The molecule has 1 unspecified atom stereocenters. The number of thioether (sulfide) groups is 1. The molecule has 3 aromatic rings. The quantitative estimate of drug-likeness (QED) is 0.518. The van der Waals surface area contributed by atoms with Crippen LogP contribution >= 0.6 is 11.8 Å². The molecule has 1 amide bonds. The van der Waals surface area contributed by atoms with Crippen LogP contribution in [0, 0.1) is 0 Å². The van der Waals surface area contributed by atoms with Gasteiger partial charge in [-0.25, -0.2) is 0 Å². The smallest absolute Gasteiger partial charge is 0.277 e. The first-order chi connectivity index (χ1) is 15.8. The Morgan fingerprint density at radius 3 is 2.75 bits per heavy atom. The minimum atomic E-state index is 0.0524. The lowest BCUT2D eigenvalue weighted by atomic mass is 10.0. The van der Waals surface area contributed by atoms with Crippen molar-refractivity contribution in [2.24, 2.45) is 0 Å². The van der Waals surface area contributed by atoms with Crippen LogP contribution in [0.15, 0.2) is 58.2 Å². The molecule has 2 aliphatic heterocycles. The number of likely N-dealkylation sites (tertiary alicyclic amines) is 1. The van der Waals surface area contributed by atoms with Crippen molar-refractivity contribution in [2.75, 3.05) is 25.5 Å². The molecular formula is C24H25N3O4S. The molecule has 0 spiro atoms. The van der Waals surface area contributed by atoms with Gasteiger partial charge < -0.3 is 18.8 Å². The van der Waals surface area contributed by atoms with Crippen LogP contribution in [0.5, 0.6) is 11.5 Å². The molecule has 5 rings (SSSR count). The van der Waals surface area contributed by atoms with Crippen molar-refractivity contribution >= 4 is 17.7 Å². The van der Waals surface area contributed by atoms with Gasteiger partial charge in [-0.2, -0.15) is 0 Å². The monoisotopic (exact) mass is 451 g/mol. The Kier molecular flexibility index (Phi) is 6.29. The Morgan fingerprint density at radius 1 is 1.03 bits per heavy atom. The lowest BCUT2D eigenvalue weighted by Gasteiger charge is -2.25. The van der Waals surface area contributed by atoms with Crippen molar-refractivity contribution in [3.63, 3.8) is 0 Å². The fraction of sp³-hybridized carbons (Fsp3) is 0.375. The number of rotatable bonds is 6. The summed E-state index contributed by atoms with van der Waals surface area (Å²) in [5, 5.41) is 8.63. The zero-order chi connectivity index (χ0) is 21.8. The molecule has 1 saturated heterocycles. The van der Waals surface area contributed by atoms with Crippen molar-refractivity contribution in [2.45, 2.75) is 36.9 Å². The first kappa shape index (κ1) is 20.9. The van der Waals surface area contributed by atoms with E-state index in [2.05, 4.69) is 10.2 Å². The van der Waals surface area contributed by atoms with Crippen LogP contribution in [-0.2, 0) is 11.2 Å². The number of carbonyl (C=O) groups excluding carboxylic acids is 1. The maximum Gasteiger partial charge on any atom is 0.277 e. The number of carbonyl (C=O) groups is 1. The summed E-state index contributed by atoms with van der Waals surface area (Å²) in [5.74, 6) is 2.45. The molecule has 166 valence electrons. The summed E-state index contributed by atoms with van der Waals surface area (Å²) < 4.78 is 17.3. The average Bonchev–Trinajstić information content (AvgIpc) is 3.42. The summed E-state index contributed by atoms with van der Waals surface area (Å²) in [4.78, 5) is 15.0. The SMILES string of the molecule is O=C(CSc1nnc(Cc2ccccc2)o1)N1CCCC1c1ccc2c(c1)OCCCO2. The Morgan fingerprint density at radius 2 is 1.88 bits per heavy atom. The van der Waals surface area contributed by atoms with Crippen LogP contribution < -0.4 is 9.47 Å². The molecule has 1 aromatic heterocycles. The maximum absolute atomic E-state index is 13.0. The highest BCUT2D eigenvalue weighted by Gasteiger charge is 2.31. The number of hydrogen-bond acceptors (Lipinski definition) is 7. The van der Waals surface area contributed by atoms with Gasteiger partial charge in [-0.15, -0.1) is 10.2 Å². The molecule has 0 saturated carbocycles. The van der Waals surface area contributed by atoms with Crippen molar-refractivity contribution in [1.29, 1.82) is 0 Å². The van der Waals surface area contributed by atoms with Crippen molar-refractivity contribution < 1.29 is 18.7 Å². The molecule has 0 bridgehead atoms. The third kappa shape index (κ3) is 4.75.